The monoisotopic (exact) mass is 246 g/mol. The number of pyridine rings is 1. The number of aryl methyl sites for hydroxylation is 2. The van der Waals surface area contributed by atoms with Crippen molar-refractivity contribution in [3.05, 3.63) is 29.3 Å². The molecular formula is C13H18N4O. The Morgan fingerprint density at radius 1 is 1.28 bits per heavy atom. The lowest BCUT2D eigenvalue weighted by molar-refractivity contribution is 0.281. The summed E-state index contributed by atoms with van der Waals surface area (Å²) in [5, 5.41) is 7.13. The van der Waals surface area contributed by atoms with Crippen LogP contribution in [0.4, 0.5) is 0 Å². The summed E-state index contributed by atoms with van der Waals surface area (Å²) in [6.45, 7) is 7.98. The second kappa shape index (κ2) is 4.49. The average molecular weight is 246 g/mol. The minimum absolute atomic E-state index is 0.343. The third-order valence-corrected chi connectivity index (χ3v) is 3.01. The molecule has 0 spiro atoms. The summed E-state index contributed by atoms with van der Waals surface area (Å²) in [7, 11) is 1.86. The summed E-state index contributed by atoms with van der Waals surface area (Å²) < 4.78 is 5.30. The van der Waals surface area contributed by atoms with Gasteiger partial charge in [-0.25, -0.2) is 0 Å². The van der Waals surface area contributed by atoms with Gasteiger partial charge in [-0.3, -0.25) is 4.98 Å². The van der Waals surface area contributed by atoms with Crippen molar-refractivity contribution in [3.63, 3.8) is 0 Å². The molecule has 1 N–H and O–H groups in total. The van der Waals surface area contributed by atoms with Crippen molar-refractivity contribution in [2.24, 2.45) is 0 Å². The largest absolute Gasteiger partial charge is 0.337 e. The zero-order valence-electron chi connectivity index (χ0n) is 11.4. The molecule has 0 radical (unpaired) electrons. The second-order valence-electron chi connectivity index (χ2n) is 4.98. The van der Waals surface area contributed by atoms with Gasteiger partial charge in [0.15, 0.2) is 0 Å². The van der Waals surface area contributed by atoms with Gasteiger partial charge in [0, 0.05) is 6.20 Å². The molecule has 0 atom stereocenters. The second-order valence-corrected chi connectivity index (χ2v) is 4.98. The standard InChI is InChI=1S/C13H18N4O/c1-8-6-9(2)10(15-7-8)11-16-12(18-17-11)13(3,4)14-5/h6-7,14H,1-5H3. The maximum absolute atomic E-state index is 5.30. The van der Waals surface area contributed by atoms with E-state index in [9.17, 15) is 0 Å². The van der Waals surface area contributed by atoms with E-state index in [0.29, 0.717) is 11.7 Å². The van der Waals surface area contributed by atoms with Gasteiger partial charge in [-0.05, 0) is 45.9 Å². The molecule has 18 heavy (non-hydrogen) atoms. The van der Waals surface area contributed by atoms with Crippen LogP contribution >= 0.6 is 0 Å². The predicted molar refractivity (Wildman–Crippen MR) is 69.1 cm³/mol. The molecule has 0 aliphatic carbocycles. The highest BCUT2D eigenvalue weighted by Gasteiger charge is 2.26. The maximum Gasteiger partial charge on any atom is 0.246 e. The molecule has 2 rings (SSSR count). The van der Waals surface area contributed by atoms with Gasteiger partial charge in [0.05, 0.1) is 5.54 Å². The lowest BCUT2D eigenvalue weighted by atomic mass is 10.1. The SMILES string of the molecule is CNC(C)(C)c1nc(-c2ncc(C)cc2C)no1. The fourth-order valence-electron chi connectivity index (χ4n) is 1.63. The first-order valence-corrected chi connectivity index (χ1v) is 5.91. The van der Waals surface area contributed by atoms with Crippen molar-refractivity contribution >= 4 is 0 Å². The van der Waals surface area contributed by atoms with Gasteiger partial charge < -0.3 is 9.84 Å². The van der Waals surface area contributed by atoms with E-state index in [1.807, 2.05) is 40.9 Å². The quantitative estimate of drug-likeness (QED) is 0.899. The molecule has 0 unspecified atom stereocenters. The summed E-state index contributed by atoms with van der Waals surface area (Å²) in [5.41, 5.74) is 2.59. The molecule has 0 saturated carbocycles. The smallest absolute Gasteiger partial charge is 0.246 e. The molecule has 0 aliphatic heterocycles. The summed E-state index contributed by atoms with van der Waals surface area (Å²) in [6.07, 6.45) is 1.81. The van der Waals surface area contributed by atoms with Crippen LogP contribution in [-0.2, 0) is 5.54 Å². The Morgan fingerprint density at radius 2 is 2.00 bits per heavy atom. The van der Waals surface area contributed by atoms with Gasteiger partial charge in [0.1, 0.15) is 5.69 Å². The van der Waals surface area contributed by atoms with Crippen molar-refractivity contribution in [3.8, 4) is 11.5 Å². The van der Waals surface area contributed by atoms with E-state index in [1.54, 1.807) is 0 Å². The number of nitrogens with one attached hydrogen (secondary N) is 1. The first-order chi connectivity index (χ1) is 8.44. The third kappa shape index (κ3) is 2.26. The molecule has 2 aromatic rings. The summed E-state index contributed by atoms with van der Waals surface area (Å²) in [4.78, 5) is 8.77. The molecule has 0 bridgehead atoms. The zero-order chi connectivity index (χ0) is 13.3. The van der Waals surface area contributed by atoms with Crippen LogP contribution in [0.2, 0.25) is 0 Å². The Kier molecular flexibility index (Phi) is 3.17. The average Bonchev–Trinajstić information content (AvgIpc) is 2.79. The molecular weight excluding hydrogens is 228 g/mol. The van der Waals surface area contributed by atoms with Crippen LogP contribution in [0.25, 0.3) is 11.5 Å². The Bertz CT molecular complexity index is 560. The first kappa shape index (κ1) is 12.7. The summed E-state index contributed by atoms with van der Waals surface area (Å²) >= 11 is 0. The number of aromatic nitrogens is 3. The van der Waals surface area contributed by atoms with E-state index in [1.165, 1.54) is 0 Å². The number of nitrogens with zero attached hydrogens (tertiary/aromatic N) is 3. The molecule has 0 aromatic carbocycles. The van der Waals surface area contributed by atoms with E-state index in [2.05, 4.69) is 26.5 Å². The van der Waals surface area contributed by atoms with Crippen LogP contribution in [0.15, 0.2) is 16.8 Å². The molecule has 0 fully saturated rings. The minimum Gasteiger partial charge on any atom is -0.337 e. The van der Waals surface area contributed by atoms with Gasteiger partial charge in [-0.15, -0.1) is 0 Å². The molecule has 0 saturated heterocycles. The van der Waals surface area contributed by atoms with Crippen LogP contribution < -0.4 is 5.32 Å². The molecule has 96 valence electrons. The lowest BCUT2D eigenvalue weighted by Crippen LogP contribution is -2.33. The molecule has 0 amide bonds. The molecule has 2 heterocycles. The third-order valence-electron chi connectivity index (χ3n) is 3.01. The topological polar surface area (TPSA) is 63.8 Å². The maximum atomic E-state index is 5.30. The van der Waals surface area contributed by atoms with Crippen LogP contribution in [0.1, 0.15) is 30.9 Å². The van der Waals surface area contributed by atoms with Gasteiger partial charge in [0.25, 0.3) is 0 Å². The Balaban J connectivity index is 2.41. The first-order valence-electron chi connectivity index (χ1n) is 5.91. The molecule has 2 aromatic heterocycles. The Labute approximate surface area is 107 Å². The molecule has 0 aliphatic rings. The molecule has 5 nitrogen and oxygen atoms in total. The van der Waals surface area contributed by atoms with Crippen LogP contribution in [0.3, 0.4) is 0 Å². The van der Waals surface area contributed by atoms with E-state index in [4.69, 9.17) is 4.52 Å². The number of hydrogen-bond acceptors (Lipinski definition) is 5. The van der Waals surface area contributed by atoms with Gasteiger partial charge in [-0.1, -0.05) is 11.2 Å². The van der Waals surface area contributed by atoms with E-state index in [-0.39, 0.29) is 5.54 Å². The van der Waals surface area contributed by atoms with E-state index in [0.717, 1.165) is 16.8 Å². The number of hydrogen-bond donors (Lipinski definition) is 1. The van der Waals surface area contributed by atoms with Crippen LogP contribution in [0.5, 0.6) is 0 Å². The van der Waals surface area contributed by atoms with Crippen molar-refractivity contribution in [2.75, 3.05) is 7.05 Å². The van der Waals surface area contributed by atoms with E-state index < -0.39 is 0 Å². The number of rotatable bonds is 3. The lowest BCUT2D eigenvalue weighted by Gasteiger charge is -2.17. The highest BCUT2D eigenvalue weighted by molar-refractivity contribution is 5.54. The fraction of sp³-hybridized carbons (Fsp3) is 0.462. The van der Waals surface area contributed by atoms with Crippen molar-refractivity contribution in [1.29, 1.82) is 0 Å². The van der Waals surface area contributed by atoms with E-state index >= 15 is 0 Å². The molecule has 5 heteroatoms. The van der Waals surface area contributed by atoms with Crippen LogP contribution in [0, 0.1) is 13.8 Å². The minimum atomic E-state index is -0.343. The Hall–Kier alpha value is -1.75. The van der Waals surface area contributed by atoms with Crippen molar-refractivity contribution in [2.45, 2.75) is 33.2 Å². The fourth-order valence-corrected chi connectivity index (χ4v) is 1.63. The van der Waals surface area contributed by atoms with Crippen molar-refractivity contribution in [1.82, 2.24) is 20.4 Å². The van der Waals surface area contributed by atoms with Gasteiger partial charge >= 0.3 is 0 Å². The summed E-state index contributed by atoms with van der Waals surface area (Å²) in [6, 6.07) is 2.06. The predicted octanol–water partition coefficient (Wildman–Crippen LogP) is 2.20. The zero-order valence-corrected chi connectivity index (χ0v) is 11.4. The highest BCUT2D eigenvalue weighted by Crippen LogP contribution is 2.23. The normalized spacial score (nSPS) is 11.8. The summed E-state index contributed by atoms with van der Waals surface area (Å²) in [5.74, 6) is 1.09. The Morgan fingerprint density at radius 3 is 2.61 bits per heavy atom. The highest BCUT2D eigenvalue weighted by atomic mass is 16.5. The van der Waals surface area contributed by atoms with Gasteiger partial charge in [-0.2, -0.15) is 4.98 Å². The van der Waals surface area contributed by atoms with Gasteiger partial charge in [0.2, 0.25) is 11.7 Å². The van der Waals surface area contributed by atoms with Crippen molar-refractivity contribution < 1.29 is 4.52 Å². The van der Waals surface area contributed by atoms with Crippen LogP contribution in [-0.4, -0.2) is 22.2 Å².